The molecule has 0 saturated heterocycles. The molecule has 0 amide bonds. The molecule has 18 heavy (non-hydrogen) atoms. The van der Waals surface area contributed by atoms with Crippen molar-refractivity contribution >= 4 is 5.57 Å². The number of aryl methyl sites for hydroxylation is 1. The molecular weight excluding hydrogens is 227 g/mol. The third-order valence-corrected chi connectivity index (χ3v) is 3.11. The van der Waals surface area contributed by atoms with Crippen LogP contribution in [0.2, 0.25) is 0 Å². The molecule has 0 unspecified atom stereocenters. The molecule has 0 fully saturated rings. The van der Waals surface area contributed by atoms with Crippen LogP contribution in [-0.4, -0.2) is 6.61 Å². The average molecular weight is 240 g/mol. The summed E-state index contributed by atoms with van der Waals surface area (Å²) in [4.78, 5) is 0. The van der Waals surface area contributed by atoms with E-state index in [1.54, 1.807) is 12.1 Å². The topological polar surface area (TPSA) is 9.23 Å². The van der Waals surface area contributed by atoms with E-state index in [4.69, 9.17) is 4.74 Å². The Labute approximate surface area is 106 Å². The van der Waals surface area contributed by atoms with Crippen molar-refractivity contribution in [1.82, 2.24) is 0 Å². The van der Waals surface area contributed by atoms with E-state index in [1.165, 1.54) is 17.7 Å². The Hall–Kier alpha value is -2.09. The summed E-state index contributed by atoms with van der Waals surface area (Å²) < 4.78 is 18.6. The third-order valence-electron chi connectivity index (χ3n) is 3.11. The van der Waals surface area contributed by atoms with Crippen LogP contribution in [0.3, 0.4) is 0 Å². The van der Waals surface area contributed by atoms with E-state index >= 15 is 0 Å². The largest absolute Gasteiger partial charge is 0.489 e. The second-order valence-corrected chi connectivity index (χ2v) is 4.44. The maximum Gasteiger partial charge on any atom is 0.127 e. The minimum atomic E-state index is -0.212. The SMILES string of the molecule is Cc1ccc2c(c1)C(c1ccc(F)cc1)=CCO2. The highest BCUT2D eigenvalue weighted by molar-refractivity contribution is 5.84. The summed E-state index contributed by atoms with van der Waals surface area (Å²) >= 11 is 0. The molecule has 2 aromatic carbocycles. The molecule has 0 saturated carbocycles. The lowest BCUT2D eigenvalue weighted by Crippen LogP contribution is -2.05. The van der Waals surface area contributed by atoms with Gasteiger partial charge in [0, 0.05) is 5.56 Å². The van der Waals surface area contributed by atoms with Gasteiger partial charge in [0.25, 0.3) is 0 Å². The van der Waals surface area contributed by atoms with Crippen molar-refractivity contribution in [3.8, 4) is 5.75 Å². The van der Waals surface area contributed by atoms with Gasteiger partial charge in [-0.25, -0.2) is 4.39 Å². The first-order valence-electron chi connectivity index (χ1n) is 5.94. The van der Waals surface area contributed by atoms with Crippen LogP contribution in [0.5, 0.6) is 5.75 Å². The predicted octanol–water partition coefficient (Wildman–Crippen LogP) is 3.96. The molecule has 0 aliphatic carbocycles. The standard InChI is InChI=1S/C16H13FO/c1-11-2-7-16-15(10-11)14(8-9-18-16)12-3-5-13(17)6-4-12/h2-8,10H,9H2,1H3. The van der Waals surface area contributed by atoms with Crippen molar-refractivity contribution in [2.45, 2.75) is 6.92 Å². The van der Waals surface area contributed by atoms with Gasteiger partial charge in [-0.05, 0) is 48.4 Å². The molecule has 1 aliphatic heterocycles. The van der Waals surface area contributed by atoms with Crippen LogP contribution in [0.25, 0.3) is 5.57 Å². The summed E-state index contributed by atoms with van der Waals surface area (Å²) in [6.07, 6.45) is 2.04. The molecule has 0 atom stereocenters. The molecule has 90 valence electrons. The average Bonchev–Trinajstić information content (AvgIpc) is 2.39. The maximum absolute atomic E-state index is 13.0. The van der Waals surface area contributed by atoms with E-state index in [0.717, 1.165) is 22.4 Å². The molecule has 1 heterocycles. The number of hydrogen-bond acceptors (Lipinski definition) is 1. The molecule has 0 spiro atoms. The number of rotatable bonds is 1. The Morgan fingerprint density at radius 2 is 1.83 bits per heavy atom. The number of halogens is 1. The van der Waals surface area contributed by atoms with Crippen LogP contribution in [0.1, 0.15) is 16.7 Å². The molecule has 0 aromatic heterocycles. The zero-order valence-corrected chi connectivity index (χ0v) is 10.1. The van der Waals surface area contributed by atoms with Crippen LogP contribution < -0.4 is 4.74 Å². The third kappa shape index (κ3) is 1.90. The normalized spacial score (nSPS) is 13.6. The molecule has 1 aliphatic rings. The van der Waals surface area contributed by atoms with E-state index in [-0.39, 0.29) is 5.82 Å². The Morgan fingerprint density at radius 3 is 2.61 bits per heavy atom. The second-order valence-electron chi connectivity index (χ2n) is 4.44. The summed E-state index contributed by atoms with van der Waals surface area (Å²) in [6, 6.07) is 12.7. The van der Waals surface area contributed by atoms with E-state index in [0.29, 0.717) is 6.61 Å². The monoisotopic (exact) mass is 240 g/mol. The molecule has 0 bridgehead atoms. The maximum atomic E-state index is 13.0. The molecule has 2 heteroatoms. The second kappa shape index (κ2) is 4.30. The zero-order valence-electron chi connectivity index (χ0n) is 10.1. The van der Waals surface area contributed by atoms with Crippen molar-refractivity contribution in [3.05, 3.63) is 71.0 Å². The van der Waals surface area contributed by atoms with Crippen LogP contribution >= 0.6 is 0 Å². The van der Waals surface area contributed by atoms with Gasteiger partial charge in [-0.15, -0.1) is 0 Å². The first-order chi connectivity index (χ1) is 8.74. The highest BCUT2D eigenvalue weighted by atomic mass is 19.1. The molecule has 1 nitrogen and oxygen atoms in total. The van der Waals surface area contributed by atoms with E-state index in [1.807, 2.05) is 18.2 Å². The van der Waals surface area contributed by atoms with E-state index < -0.39 is 0 Å². The Morgan fingerprint density at radius 1 is 1.06 bits per heavy atom. The lowest BCUT2D eigenvalue weighted by atomic mass is 9.94. The molecule has 2 aromatic rings. The Bertz CT molecular complexity index is 611. The lowest BCUT2D eigenvalue weighted by molar-refractivity contribution is 0.357. The van der Waals surface area contributed by atoms with Gasteiger partial charge >= 0.3 is 0 Å². The molecule has 0 N–H and O–H groups in total. The van der Waals surface area contributed by atoms with E-state index in [2.05, 4.69) is 13.0 Å². The van der Waals surface area contributed by atoms with Crippen LogP contribution in [0.15, 0.2) is 48.5 Å². The molecule has 0 radical (unpaired) electrons. The van der Waals surface area contributed by atoms with Crippen LogP contribution in [-0.2, 0) is 0 Å². The minimum absolute atomic E-state index is 0.212. The van der Waals surface area contributed by atoms with Gasteiger partial charge in [-0.3, -0.25) is 0 Å². The first kappa shape index (κ1) is 11.0. The molecule has 3 rings (SSSR count). The number of hydrogen-bond donors (Lipinski definition) is 0. The number of fused-ring (bicyclic) bond motifs is 1. The quantitative estimate of drug-likeness (QED) is 0.733. The fourth-order valence-electron chi connectivity index (χ4n) is 2.21. The number of benzene rings is 2. The minimum Gasteiger partial charge on any atom is -0.489 e. The number of ether oxygens (including phenoxy) is 1. The van der Waals surface area contributed by atoms with Gasteiger partial charge in [-0.1, -0.05) is 23.8 Å². The van der Waals surface area contributed by atoms with Crippen molar-refractivity contribution in [2.24, 2.45) is 0 Å². The van der Waals surface area contributed by atoms with Gasteiger partial charge in [-0.2, -0.15) is 0 Å². The summed E-state index contributed by atoms with van der Waals surface area (Å²) in [6.45, 7) is 2.61. The van der Waals surface area contributed by atoms with Crippen molar-refractivity contribution in [1.29, 1.82) is 0 Å². The van der Waals surface area contributed by atoms with Crippen molar-refractivity contribution in [3.63, 3.8) is 0 Å². The fraction of sp³-hybridized carbons (Fsp3) is 0.125. The van der Waals surface area contributed by atoms with Gasteiger partial charge in [0.2, 0.25) is 0 Å². The fourth-order valence-corrected chi connectivity index (χ4v) is 2.21. The smallest absolute Gasteiger partial charge is 0.127 e. The summed E-state index contributed by atoms with van der Waals surface area (Å²) in [5.74, 6) is 0.679. The predicted molar refractivity (Wildman–Crippen MR) is 70.2 cm³/mol. The summed E-state index contributed by atoms with van der Waals surface area (Å²) in [7, 11) is 0. The lowest BCUT2D eigenvalue weighted by Gasteiger charge is -2.19. The van der Waals surface area contributed by atoms with Crippen LogP contribution in [0, 0.1) is 12.7 Å². The van der Waals surface area contributed by atoms with Crippen molar-refractivity contribution < 1.29 is 9.13 Å². The van der Waals surface area contributed by atoms with Gasteiger partial charge in [0.1, 0.15) is 18.2 Å². The van der Waals surface area contributed by atoms with E-state index in [9.17, 15) is 4.39 Å². The van der Waals surface area contributed by atoms with Crippen molar-refractivity contribution in [2.75, 3.05) is 6.61 Å². The Balaban J connectivity index is 2.11. The summed E-state index contributed by atoms with van der Waals surface area (Å²) in [5.41, 5.74) is 4.40. The Kier molecular flexibility index (Phi) is 2.63. The van der Waals surface area contributed by atoms with Gasteiger partial charge < -0.3 is 4.74 Å². The highest BCUT2D eigenvalue weighted by Gasteiger charge is 2.15. The highest BCUT2D eigenvalue weighted by Crippen LogP contribution is 2.34. The zero-order chi connectivity index (χ0) is 12.5. The first-order valence-corrected chi connectivity index (χ1v) is 5.94. The molecular formula is C16H13FO. The van der Waals surface area contributed by atoms with Gasteiger partial charge in [0.05, 0.1) is 0 Å². The summed E-state index contributed by atoms with van der Waals surface area (Å²) in [5, 5.41) is 0. The van der Waals surface area contributed by atoms with Crippen LogP contribution in [0.4, 0.5) is 4.39 Å². The van der Waals surface area contributed by atoms with Gasteiger partial charge in [0.15, 0.2) is 0 Å².